The second-order valence-corrected chi connectivity index (χ2v) is 6.67. The quantitative estimate of drug-likeness (QED) is 0.651. The number of rotatable bonds is 4. The number of aromatic nitrogens is 4. The van der Waals surface area contributed by atoms with Crippen molar-refractivity contribution in [3.63, 3.8) is 0 Å². The molecular weight excluding hydrogens is 407 g/mol. The van der Waals surface area contributed by atoms with Crippen molar-refractivity contribution in [3.8, 4) is 5.82 Å². The molecule has 6 nitrogen and oxygen atoms in total. The second-order valence-electron chi connectivity index (χ2n) is 6.29. The smallest absolute Gasteiger partial charge is 0.385 e. The summed E-state index contributed by atoms with van der Waals surface area (Å²) < 4.78 is 40.7. The van der Waals surface area contributed by atoms with E-state index in [1.54, 1.807) is 17.1 Å². The molecule has 3 heterocycles. The highest BCUT2D eigenvalue weighted by atomic mass is 35.5. The van der Waals surface area contributed by atoms with Crippen LogP contribution in [0.15, 0.2) is 43.1 Å². The van der Waals surface area contributed by atoms with Crippen molar-refractivity contribution in [1.82, 2.24) is 24.8 Å². The maximum absolute atomic E-state index is 13.0. The van der Waals surface area contributed by atoms with Gasteiger partial charge in [-0.3, -0.25) is 14.3 Å². The minimum atomic E-state index is -4.64. The van der Waals surface area contributed by atoms with E-state index in [1.807, 2.05) is 6.08 Å². The highest BCUT2D eigenvalue weighted by molar-refractivity contribution is 6.34. The first-order valence-electron chi connectivity index (χ1n) is 8.51. The van der Waals surface area contributed by atoms with E-state index in [0.29, 0.717) is 18.1 Å². The van der Waals surface area contributed by atoms with Gasteiger partial charge >= 0.3 is 6.18 Å². The highest BCUT2D eigenvalue weighted by Gasteiger charge is 2.34. The Kier molecular flexibility index (Phi) is 4.83. The number of carbonyl (C=O) groups excluding carboxylic acids is 1. The number of benzene rings is 1. The number of nitrogens with zero attached hydrogens (tertiary/aromatic N) is 4. The number of hydrogen-bond donors (Lipinski definition) is 1. The van der Waals surface area contributed by atoms with Gasteiger partial charge in [-0.1, -0.05) is 17.7 Å². The summed E-state index contributed by atoms with van der Waals surface area (Å²) in [7, 11) is 0. The summed E-state index contributed by atoms with van der Waals surface area (Å²) in [6.45, 7) is 0.608. The monoisotopic (exact) mass is 419 g/mol. The van der Waals surface area contributed by atoms with Crippen LogP contribution >= 0.6 is 11.6 Å². The maximum Gasteiger partial charge on any atom is 0.417 e. The third kappa shape index (κ3) is 3.73. The molecule has 0 amide bonds. The zero-order chi connectivity index (χ0) is 20.6. The molecule has 0 radical (unpaired) electrons. The Hall–Kier alpha value is -3.20. The number of imidazole rings is 1. The Morgan fingerprint density at radius 1 is 1.21 bits per heavy atom. The summed E-state index contributed by atoms with van der Waals surface area (Å²) in [6, 6.07) is 3.25. The van der Waals surface area contributed by atoms with Crippen molar-refractivity contribution in [3.05, 3.63) is 76.4 Å². The van der Waals surface area contributed by atoms with Gasteiger partial charge in [0.1, 0.15) is 6.33 Å². The Balaban J connectivity index is 1.55. The normalized spacial score (nSPS) is 13.1. The summed E-state index contributed by atoms with van der Waals surface area (Å²) >= 11 is 5.82. The predicted molar refractivity (Wildman–Crippen MR) is 99.5 cm³/mol. The van der Waals surface area contributed by atoms with E-state index in [9.17, 15) is 18.0 Å². The lowest BCUT2D eigenvalue weighted by atomic mass is 10.0. The molecule has 0 fully saturated rings. The van der Waals surface area contributed by atoms with Crippen molar-refractivity contribution in [1.29, 1.82) is 0 Å². The van der Waals surface area contributed by atoms with Crippen LogP contribution in [0.2, 0.25) is 5.02 Å². The zero-order valence-corrected chi connectivity index (χ0v) is 15.5. The number of hydrogen-bond acceptors (Lipinski definition) is 5. The number of ketones is 1. The molecule has 1 aliphatic heterocycles. The molecule has 3 aromatic rings. The van der Waals surface area contributed by atoms with E-state index in [1.165, 1.54) is 18.5 Å². The van der Waals surface area contributed by atoms with Crippen LogP contribution in [-0.4, -0.2) is 25.3 Å². The van der Waals surface area contributed by atoms with E-state index in [0.717, 1.165) is 23.5 Å². The Bertz CT molecular complexity index is 1110. The van der Waals surface area contributed by atoms with Gasteiger partial charge in [0.15, 0.2) is 11.6 Å². The van der Waals surface area contributed by atoms with Crippen LogP contribution in [0, 0.1) is 0 Å². The van der Waals surface area contributed by atoms with Gasteiger partial charge in [0.25, 0.3) is 0 Å². The number of halogens is 4. The lowest BCUT2D eigenvalue weighted by Gasteiger charge is -2.12. The summed E-state index contributed by atoms with van der Waals surface area (Å²) in [5.41, 5.74) is 0.816. The van der Waals surface area contributed by atoms with Crippen LogP contribution in [0.1, 0.15) is 33.0 Å². The number of carbonyl (C=O) groups is 1. The molecule has 148 valence electrons. The van der Waals surface area contributed by atoms with E-state index in [4.69, 9.17) is 11.6 Å². The molecule has 0 atom stereocenters. The number of fused-ring (bicyclic) bond motifs is 1. The SMILES string of the molecule is O=C(Cc1cnc(-n2cnc3c2C=CNC3)cn1)c1cccc(C(F)(F)F)c1Cl. The molecule has 10 heteroatoms. The van der Waals surface area contributed by atoms with Gasteiger partial charge in [-0.25, -0.2) is 9.97 Å². The molecule has 0 unspecified atom stereocenters. The predicted octanol–water partition coefficient (Wildman–Crippen LogP) is 3.83. The molecule has 1 aromatic carbocycles. The van der Waals surface area contributed by atoms with Crippen molar-refractivity contribution < 1.29 is 18.0 Å². The van der Waals surface area contributed by atoms with Gasteiger partial charge < -0.3 is 5.32 Å². The second kappa shape index (κ2) is 7.32. The minimum absolute atomic E-state index is 0.200. The molecule has 4 rings (SSSR count). The topological polar surface area (TPSA) is 72.7 Å². The Morgan fingerprint density at radius 3 is 2.76 bits per heavy atom. The van der Waals surface area contributed by atoms with Crippen molar-refractivity contribution in [2.75, 3.05) is 0 Å². The van der Waals surface area contributed by atoms with Crippen molar-refractivity contribution in [2.24, 2.45) is 0 Å². The van der Waals surface area contributed by atoms with Crippen LogP contribution in [-0.2, 0) is 19.1 Å². The van der Waals surface area contributed by atoms with Gasteiger partial charge in [0, 0.05) is 5.56 Å². The molecule has 0 saturated carbocycles. The van der Waals surface area contributed by atoms with Crippen LogP contribution in [0.3, 0.4) is 0 Å². The zero-order valence-electron chi connectivity index (χ0n) is 14.7. The molecule has 0 bridgehead atoms. The van der Waals surface area contributed by atoms with E-state index >= 15 is 0 Å². The number of Topliss-reactive ketones (excluding diaryl/α,β-unsaturated/α-hetero) is 1. The largest absolute Gasteiger partial charge is 0.417 e. The minimum Gasteiger partial charge on any atom is -0.385 e. The van der Waals surface area contributed by atoms with E-state index in [2.05, 4.69) is 20.3 Å². The fourth-order valence-electron chi connectivity index (χ4n) is 2.97. The molecule has 0 aliphatic carbocycles. The van der Waals surface area contributed by atoms with Crippen LogP contribution in [0.25, 0.3) is 11.9 Å². The van der Waals surface area contributed by atoms with Gasteiger partial charge in [0.05, 0.1) is 53.0 Å². The molecule has 0 spiro atoms. The van der Waals surface area contributed by atoms with Gasteiger partial charge in [-0.2, -0.15) is 13.2 Å². The van der Waals surface area contributed by atoms with Crippen LogP contribution in [0.4, 0.5) is 13.2 Å². The molecule has 2 aromatic heterocycles. The van der Waals surface area contributed by atoms with Crippen molar-refractivity contribution in [2.45, 2.75) is 19.1 Å². The summed E-state index contributed by atoms with van der Waals surface area (Å²) in [5.74, 6) is -0.0595. The van der Waals surface area contributed by atoms with Crippen molar-refractivity contribution >= 4 is 23.5 Å². The lowest BCUT2D eigenvalue weighted by molar-refractivity contribution is -0.137. The van der Waals surface area contributed by atoms with E-state index < -0.39 is 22.5 Å². The molecular formula is C19H13ClF3N5O. The fourth-order valence-corrected chi connectivity index (χ4v) is 3.31. The average Bonchev–Trinajstić information content (AvgIpc) is 3.12. The third-order valence-corrected chi connectivity index (χ3v) is 4.80. The first-order chi connectivity index (χ1) is 13.8. The molecule has 1 aliphatic rings. The summed E-state index contributed by atoms with van der Waals surface area (Å²) in [5, 5.41) is 2.45. The summed E-state index contributed by atoms with van der Waals surface area (Å²) in [4.78, 5) is 25.3. The van der Waals surface area contributed by atoms with Crippen LogP contribution in [0.5, 0.6) is 0 Å². The summed E-state index contributed by atoms with van der Waals surface area (Å²) in [6.07, 6.45) is 3.32. The molecule has 0 saturated heterocycles. The fraction of sp³-hybridized carbons (Fsp3) is 0.158. The van der Waals surface area contributed by atoms with Gasteiger partial charge in [-0.05, 0) is 24.4 Å². The highest BCUT2D eigenvalue weighted by Crippen LogP contribution is 2.36. The lowest BCUT2D eigenvalue weighted by Crippen LogP contribution is -2.13. The maximum atomic E-state index is 13.0. The molecule has 29 heavy (non-hydrogen) atoms. The number of alkyl halides is 3. The number of nitrogens with one attached hydrogen (secondary N) is 1. The third-order valence-electron chi connectivity index (χ3n) is 4.40. The van der Waals surface area contributed by atoms with Crippen LogP contribution < -0.4 is 5.32 Å². The first-order valence-corrected chi connectivity index (χ1v) is 8.89. The standard InChI is InChI=1S/C19H13ClF3N5O/c20-18-12(2-1-3-13(18)19(21,22)23)16(29)6-11-7-26-17(9-25-11)28-10-27-14-8-24-5-4-15(14)28/h1-5,7,9-10,24H,6,8H2. The molecule has 1 N–H and O–H groups in total. The van der Waals surface area contributed by atoms with Gasteiger partial charge in [-0.15, -0.1) is 0 Å². The average molecular weight is 420 g/mol. The Labute approximate surface area is 168 Å². The van der Waals surface area contributed by atoms with Gasteiger partial charge in [0.2, 0.25) is 0 Å². The Morgan fingerprint density at radius 2 is 2.03 bits per heavy atom. The first kappa shape index (κ1) is 19.1. The van der Waals surface area contributed by atoms with E-state index in [-0.39, 0.29) is 12.0 Å².